The zero-order valence-corrected chi connectivity index (χ0v) is 8.69. The third kappa shape index (κ3) is 1.36. The minimum atomic E-state index is 0.489. The van der Waals surface area contributed by atoms with Gasteiger partial charge in [0.15, 0.2) is 0 Å². The topological polar surface area (TPSA) is 32.6 Å². The van der Waals surface area contributed by atoms with Crippen LogP contribution in [0, 0.1) is 11.8 Å². The molecule has 0 radical (unpaired) electrons. The molecule has 0 spiro atoms. The zero-order valence-electron chi connectivity index (χ0n) is 8.69. The largest absolute Gasteiger partial charge is 0.411 e. The molecule has 1 saturated carbocycles. The first-order valence-electron chi connectivity index (χ1n) is 5.67. The van der Waals surface area contributed by atoms with Crippen LogP contribution in [-0.4, -0.2) is 10.9 Å². The summed E-state index contributed by atoms with van der Waals surface area (Å²) in [5.41, 5.74) is 3.95. The molecule has 2 heteroatoms. The molecule has 1 aromatic rings. The molecular formula is C13H15NO. The Morgan fingerprint density at radius 2 is 1.53 bits per heavy atom. The van der Waals surface area contributed by atoms with Gasteiger partial charge in [0, 0.05) is 11.8 Å². The first-order chi connectivity index (χ1) is 7.38. The number of benzene rings is 1. The molecule has 1 fully saturated rings. The van der Waals surface area contributed by atoms with Crippen molar-refractivity contribution in [3.8, 4) is 0 Å². The summed E-state index contributed by atoms with van der Waals surface area (Å²) in [7, 11) is 0. The van der Waals surface area contributed by atoms with Crippen LogP contribution in [0.15, 0.2) is 29.4 Å². The van der Waals surface area contributed by atoms with E-state index >= 15 is 0 Å². The van der Waals surface area contributed by atoms with E-state index in [2.05, 4.69) is 29.4 Å². The van der Waals surface area contributed by atoms with E-state index in [9.17, 15) is 0 Å². The lowest BCUT2D eigenvalue weighted by molar-refractivity contribution is 0.313. The Labute approximate surface area is 89.6 Å². The minimum Gasteiger partial charge on any atom is -0.411 e. The average Bonchev–Trinajstić information content (AvgIpc) is 2.54. The SMILES string of the molecule is ON=C1C2CC[C@@H]1Cc1ccccc1C2. The van der Waals surface area contributed by atoms with Crippen molar-refractivity contribution in [1.82, 2.24) is 0 Å². The van der Waals surface area contributed by atoms with E-state index in [0.29, 0.717) is 11.8 Å². The van der Waals surface area contributed by atoms with E-state index in [1.807, 2.05) is 0 Å². The van der Waals surface area contributed by atoms with Gasteiger partial charge in [-0.25, -0.2) is 0 Å². The Hall–Kier alpha value is -1.31. The first-order valence-corrected chi connectivity index (χ1v) is 5.67. The van der Waals surface area contributed by atoms with Gasteiger partial charge in [0.05, 0.1) is 5.71 Å². The van der Waals surface area contributed by atoms with E-state index in [1.165, 1.54) is 24.0 Å². The van der Waals surface area contributed by atoms with Crippen LogP contribution in [0.25, 0.3) is 0 Å². The van der Waals surface area contributed by atoms with Crippen LogP contribution in [0.2, 0.25) is 0 Å². The second-order valence-electron chi connectivity index (χ2n) is 4.67. The molecule has 1 N–H and O–H groups in total. The van der Waals surface area contributed by atoms with Crippen molar-refractivity contribution in [3.05, 3.63) is 35.4 Å². The Morgan fingerprint density at radius 1 is 1.00 bits per heavy atom. The van der Waals surface area contributed by atoms with Gasteiger partial charge in [-0.15, -0.1) is 0 Å². The van der Waals surface area contributed by atoms with Crippen LogP contribution in [0.1, 0.15) is 24.0 Å². The summed E-state index contributed by atoms with van der Waals surface area (Å²) in [6, 6.07) is 8.64. The predicted octanol–water partition coefficient (Wildman–Crippen LogP) is 2.64. The smallest absolute Gasteiger partial charge is 0.0639 e. The lowest BCUT2D eigenvalue weighted by Crippen LogP contribution is -2.14. The van der Waals surface area contributed by atoms with Gasteiger partial charge in [0.1, 0.15) is 0 Å². The summed E-state index contributed by atoms with van der Waals surface area (Å²) in [4.78, 5) is 0. The summed E-state index contributed by atoms with van der Waals surface area (Å²) in [5, 5.41) is 12.6. The molecule has 1 unspecified atom stereocenters. The molecule has 0 amide bonds. The molecule has 0 saturated heterocycles. The Kier molecular flexibility index (Phi) is 2.01. The van der Waals surface area contributed by atoms with Gasteiger partial charge in [0.25, 0.3) is 0 Å². The molecule has 0 heterocycles. The molecule has 0 aliphatic heterocycles. The van der Waals surface area contributed by atoms with Crippen LogP contribution in [0.4, 0.5) is 0 Å². The molecular weight excluding hydrogens is 186 g/mol. The van der Waals surface area contributed by atoms with Gasteiger partial charge >= 0.3 is 0 Å². The van der Waals surface area contributed by atoms with Crippen LogP contribution in [0.5, 0.6) is 0 Å². The third-order valence-corrected chi connectivity index (χ3v) is 3.87. The number of fused-ring (bicyclic) bond motifs is 3. The Bertz CT molecular complexity index is 376. The molecule has 2 aliphatic carbocycles. The molecule has 15 heavy (non-hydrogen) atoms. The van der Waals surface area contributed by atoms with Gasteiger partial charge in [-0.1, -0.05) is 29.4 Å². The van der Waals surface area contributed by atoms with Crippen molar-refractivity contribution < 1.29 is 5.21 Å². The maximum Gasteiger partial charge on any atom is 0.0639 e. The minimum absolute atomic E-state index is 0.489. The molecule has 2 nitrogen and oxygen atoms in total. The number of rotatable bonds is 0. The summed E-state index contributed by atoms with van der Waals surface area (Å²) >= 11 is 0. The molecule has 2 atom stereocenters. The van der Waals surface area contributed by atoms with Crippen molar-refractivity contribution in [2.45, 2.75) is 25.7 Å². The standard InChI is InChI=1S/C13H15NO/c15-14-13-11-5-6-12(13)8-10-4-2-1-3-9(10)7-11/h1-4,11-12,15H,5-8H2/t11-,12?/m1/s1. The van der Waals surface area contributed by atoms with Crippen LogP contribution >= 0.6 is 0 Å². The molecule has 2 bridgehead atoms. The van der Waals surface area contributed by atoms with Crippen LogP contribution in [-0.2, 0) is 12.8 Å². The average molecular weight is 201 g/mol. The van der Waals surface area contributed by atoms with Crippen molar-refractivity contribution in [2.24, 2.45) is 17.0 Å². The quantitative estimate of drug-likeness (QED) is 0.508. The molecule has 2 aliphatic rings. The van der Waals surface area contributed by atoms with Crippen LogP contribution in [0.3, 0.4) is 0 Å². The molecule has 3 rings (SSSR count). The fourth-order valence-corrected chi connectivity index (χ4v) is 3.09. The van der Waals surface area contributed by atoms with Crippen LogP contribution < -0.4 is 0 Å². The summed E-state index contributed by atoms with van der Waals surface area (Å²) in [5.74, 6) is 0.979. The maximum atomic E-state index is 9.06. The van der Waals surface area contributed by atoms with E-state index in [-0.39, 0.29) is 0 Å². The Morgan fingerprint density at radius 3 is 2.00 bits per heavy atom. The van der Waals surface area contributed by atoms with E-state index in [4.69, 9.17) is 5.21 Å². The third-order valence-electron chi connectivity index (χ3n) is 3.87. The highest BCUT2D eigenvalue weighted by molar-refractivity contribution is 5.91. The monoisotopic (exact) mass is 201 g/mol. The molecule has 1 aromatic carbocycles. The predicted molar refractivity (Wildman–Crippen MR) is 59.3 cm³/mol. The van der Waals surface area contributed by atoms with Crippen molar-refractivity contribution >= 4 is 5.71 Å². The normalized spacial score (nSPS) is 31.3. The Balaban J connectivity index is 2.04. The first kappa shape index (κ1) is 8.96. The summed E-state index contributed by atoms with van der Waals surface area (Å²) in [6.45, 7) is 0. The highest BCUT2D eigenvalue weighted by atomic mass is 16.4. The molecule has 78 valence electrons. The maximum absolute atomic E-state index is 9.06. The van der Waals surface area contributed by atoms with Crippen molar-refractivity contribution in [1.29, 1.82) is 0 Å². The van der Waals surface area contributed by atoms with Gasteiger partial charge in [-0.05, 0) is 36.8 Å². The fraction of sp³-hybridized carbons (Fsp3) is 0.462. The van der Waals surface area contributed by atoms with Gasteiger partial charge < -0.3 is 5.21 Å². The van der Waals surface area contributed by atoms with E-state index < -0.39 is 0 Å². The number of hydrogen-bond donors (Lipinski definition) is 1. The van der Waals surface area contributed by atoms with Crippen molar-refractivity contribution in [3.63, 3.8) is 0 Å². The highest BCUT2D eigenvalue weighted by Crippen LogP contribution is 2.37. The highest BCUT2D eigenvalue weighted by Gasteiger charge is 2.35. The second-order valence-corrected chi connectivity index (χ2v) is 4.67. The second kappa shape index (κ2) is 3.37. The lowest BCUT2D eigenvalue weighted by Gasteiger charge is -2.11. The number of hydrogen-bond acceptors (Lipinski definition) is 2. The lowest BCUT2D eigenvalue weighted by atomic mass is 9.94. The van der Waals surface area contributed by atoms with E-state index in [1.54, 1.807) is 0 Å². The fourth-order valence-electron chi connectivity index (χ4n) is 3.09. The van der Waals surface area contributed by atoms with Gasteiger partial charge in [-0.2, -0.15) is 0 Å². The zero-order chi connectivity index (χ0) is 10.3. The van der Waals surface area contributed by atoms with E-state index in [0.717, 1.165) is 18.6 Å². The number of oxime groups is 1. The summed E-state index contributed by atoms with van der Waals surface area (Å²) in [6.07, 6.45) is 4.51. The van der Waals surface area contributed by atoms with Gasteiger partial charge in [0.2, 0.25) is 0 Å². The number of nitrogens with zero attached hydrogens (tertiary/aromatic N) is 1. The van der Waals surface area contributed by atoms with Crippen molar-refractivity contribution in [2.75, 3.05) is 0 Å². The molecule has 0 aromatic heterocycles. The van der Waals surface area contributed by atoms with Gasteiger partial charge in [-0.3, -0.25) is 0 Å². The summed E-state index contributed by atoms with van der Waals surface area (Å²) < 4.78 is 0.